The van der Waals surface area contributed by atoms with Gasteiger partial charge in [0.2, 0.25) is 6.49 Å². The van der Waals surface area contributed by atoms with Crippen molar-refractivity contribution in [3.8, 4) is 0 Å². The average Bonchev–Trinajstić information content (AvgIpc) is 2.19. The van der Waals surface area contributed by atoms with E-state index in [9.17, 15) is 4.57 Å². The Morgan fingerprint density at radius 1 is 1.29 bits per heavy atom. The summed E-state index contributed by atoms with van der Waals surface area (Å²) in [6.07, 6.45) is 0.808. The monoisotopic (exact) mass is 230 g/mol. The summed E-state index contributed by atoms with van der Waals surface area (Å²) in [5.41, 5.74) is 0. The van der Waals surface area contributed by atoms with Crippen LogP contribution < -0.4 is 5.30 Å². The topological polar surface area (TPSA) is 17.1 Å². The summed E-state index contributed by atoms with van der Waals surface area (Å²) in [6.45, 7) is 3.14. The number of rotatable bonds is 3. The zero-order valence-corrected chi connectivity index (χ0v) is 10.5. The quantitative estimate of drug-likeness (QED) is 0.717. The molecule has 0 radical (unpaired) electrons. The molecule has 0 spiro atoms. The van der Waals surface area contributed by atoms with Crippen LogP contribution in [-0.2, 0) is 4.57 Å². The van der Waals surface area contributed by atoms with Crippen molar-refractivity contribution in [3.05, 3.63) is 30.3 Å². The fraction of sp³-hybridized carbons (Fsp3) is 0.455. The number of halogens is 1. The van der Waals surface area contributed by atoms with E-state index in [-0.39, 0.29) is 5.16 Å². The zero-order chi connectivity index (χ0) is 10.8. The van der Waals surface area contributed by atoms with Crippen LogP contribution in [0.1, 0.15) is 27.2 Å². The van der Waals surface area contributed by atoms with Crippen LogP contribution in [0.5, 0.6) is 0 Å². The lowest BCUT2D eigenvalue weighted by atomic mass is 10.1. The molecular formula is C11H16ClOP. The number of hydrogen-bond acceptors (Lipinski definition) is 1. The molecule has 3 heteroatoms. The van der Waals surface area contributed by atoms with Gasteiger partial charge in [0, 0.05) is 10.5 Å². The van der Waals surface area contributed by atoms with Gasteiger partial charge in [0.15, 0.2) is 0 Å². The van der Waals surface area contributed by atoms with Crippen molar-refractivity contribution in [2.45, 2.75) is 32.3 Å². The van der Waals surface area contributed by atoms with Gasteiger partial charge in [0.1, 0.15) is 0 Å². The fourth-order valence-corrected chi connectivity index (χ4v) is 3.53. The minimum atomic E-state index is -2.78. The van der Waals surface area contributed by atoms with Crippen molar-refractivity contribution < 1.29 is 4.57 Å². The van der Waals surface area contributed by atoms with Gasteiger partial charge >= 0.3 is 0 Å². The first-order valence-electron chi connectivity index (χ1n) is 4.77. The van der Waals surface area contributed by atoms with E-state index in [1.807, 2.05) is 51.1 Å². The van der Waals surface area contributed by atoms with E-state index >= 15 is 0 Å². The van der Waals surface area contributed by atoms with Crippen LogP contribution in [0.25, 0.3) is 0 Å². The number of hydrogen-bond donors (Lipinski definition) is 0. The normalized spacial score (nSPS) is 16.3. The summed E-state index contributed by atoms with van der Waals surface area (Å²) < 4.78 is 12.4. The first kappa shape index (κ1) is 11.8. The van der Waals surface area contributed by atoms with Gasteiger partial charge in [-0.3, -0.25) is 0 Å². The van der Waals surface area contributed by atoms with Crippen LogP contribution in [0, 0.1) is 0 Å². The molecule has 0 saturated carbocycles. The third-order valence-electron chi connectivity index (χ3n) is 2.73. The van der Waals surface area contributed by atoms with Gasteiger partial charge in [-0.25, -0.2) is 0 Å². The highest BCUT2D eigenvalue weighted by Gasteiger charge is 2.38. The third kappa shape index (κ3) is 2.04. The molecule has 1 aromatic rings. The molecule has 14 heavy (non-hydrogen) atoms. The molecule has 78 valence electrons. The van der Waals surface area contributed by atoms with Crippen molar-refractivity contribution in [1.29, 1.82) is 0 Å². The maximum absolute atomic E-state index is 12.4. The lowest BCUT2D eigenvalue weighted by Crippen LogP contribution is -2.22. The average molecular weight is 231 g/mol. The lowest BCUT2D eigenvalue weighted by molar-refractivity contribution is 0.551. The minimum absolute atomic E-state index is 0.337. The van der Waals surface area contributed by atoms with Crippen LogP contribution in [0.3, 0.4) is 0 Å². The molecule has 0 aliphatic rings. The summed E-state index contributed by atoms with van der Waals surface area (Å²) in [4.78, 5) is 0. The van der Waals surface area contributed by atoms with Gasteiger partial charge in [-0.15, -0.1) is 0 Å². The molecule has 0 N–H and O–H groups in total. The second kappa shape index (κ2) is 4.08. The molecule has 0 saturated heterocycles. The van der Waals surface area contributed by atoms with E-state index in [0.29, 0.717) is 0 Å². The molecule has 1 rings (SSSR count). The van der Waals surface area contributed by atoms with Crippen LogP contribution in [-0.4, -0.2) is 5.16 Å². The summed E-state index contributed by atoms with van der Waals surface area (Å²) >= 11 is 6.21. The van der Waals surface area contributed by atoms with Crippen molar-refractivity contribution >= 4 is 23.0 Å². The van der Waals surface area contributed by atoms with Crippen LogP contribution in [0.4, 0.5) is 0 Å². The Hall–Kier alpha value is -0.260. The Balaban J connectivity index is 3.15. The molecule has 0 bridgehead atoms. The highest BCUT2D eigenvalue weighted by atomic mass is 35.7. The van der Waals surface area contributed by atoms with E-state index in [0.717, 1.165) is 11.7 Å². The maximum Gasteiger partial charge on any atom is 0.202 e. The molecule has 1 aromatic carbocycles. The zero-order valence-electron chi connectivity index (χ0n) is 8.83. The molecule has 0 amide bonds. The molecule has 0 aromatic heterocycles. The van der Waals surface area contributed by atoms with E-state index in [1.165, 1.54) is 0 Å². The Kier molecular flexibility index (Phi) is 3.44. The summed E-state index contributed by atoms with van der Waals surface area (Å²) in [7, 11) is 0. The van der Waals surface area contributed by atoms with E-state index in [2.05, 4.69) is 0 Å². The van der Waals surface area contributed by atoms with Crippen LogP contribution >= 0.6 is 17.7 Å². The third-order valence-corrected chi connectivity index (χ3v) is 7.53. The Bertz CT molecular complexity index is 346. The van der Waals surface area contributed by atoms with E-state index in [1.54, 1.807) is 0 Å². The highest BCUT2D eigenvalue weighted by molar-refractivity contribution is 7.96. The fourth-order valence-electron chi connectivity index (χ4n) is 1.17. The number of benzene rings is 1. The predicted molar refractivity (Wildman–Crippen MR) is 63.9 cm³/mol. The maximum atomic E-state index is 12.4. The molecule has 1 atom stereocenters. The first-order chi connectivity index (χ1) is 6.42. The lowest BCUT2D eigenvalue weighted by Gasteiger charge is -2.28. The smallest absolute Gasteiger partial charge is 0.202 e. The Morgan fingerprint density at radius 2 is 1.79 bits per heavy atom. The minimum Gasteiger partial charge on any atom is -0.301 e. The largest absolute Gasteiger partial charge is 0.301 e. The summed E-state index contributed by atoms with van der Waals surface area (Å²) in [5, 5.41) is 0.420. The SMILES string of the molecule is CCC(C)(C)P(=O)(Cl)c1ccccc1. The first-order valence-corrected chi connectivity index (χ1v) is 7.38. The van der Waals surface area contributed by atoms with Crippen molar-refractivity contribution in [2.75, 3.05) is 0 Å². The van der Waals surface area contributed by atoms with Crippen LogP contribution in [0.2, 0.25) is 0 Å². The second-order valence-corrected chi connectivity index (χ2v) is 8.25. The second-order valence-electron chi connectivity index (χ2n) is 4.03. The van der Waals surface area contributed by atoms with Crippen molar-refractivity contribution in [1.82, 2.24) is 0 Å². The summed E-state index contributed by atoms with van der Waals surface area (Å²) in [6, 6.07) is 9.32. The summed E-state index contributed by atoms with van der Waals surface area (Å²) in [5.74, 6) is 0. The molecule has 0 aliphatic carbocycles. The Morgan fingerprint density at radius 3 is 2.21 bits per heavy atom. The van der Waals surface area contributed by atoms with Gasteiger partial charge in [0.05, 0.1) is 0 Å². The van der Waals surface area contributed by atoms with E-state index < -0.39 is 6.49 Å². The van der Waals surface area contributed by atoms with Gasteiger partial charge < -0.3 is 4.57 Å². The molecule has 1 nitrogen and oxygen atoms in total. The molecule has 0 aliphatic heterocycles. The Labute approximate surface area is 90.6 Å². The van der Waals surface area contributed by atoms with E-state index in [4.69, 9.17) is 11.2 Å². The van der Waals surface area contributed by atoms with Gasteiger partial charge in [0.25, 0.3) is 0 Å². The molecule has 0 heterocycles. The van der Waals surface area contributed by atoms with Crippen molar-refractivity contribution in [2.24, 2.45) is 0 Å². The molecular weight excluding hydrogens is 215 g/mol. The molecule has 1 unspecified atom stereocenters. The van der Waals surface area contributed by atoms with Crippen molar-refractivity contribution in [3.63, 3.8) is 0 Å². The van der Waals surface area contributed by atoms with Gasteiger partial charge in [-0.05, 0) is 17.7 Å². The molecule has 0 fully saturated rings. The van der Waals surface area contributed by atoms with Crippen LogP contribution in [0.15, 0.2) is 30.3 Å². The highest BCUT2D eigenvalue weighted by Crippen LogP contribution is 2.62. The predicted octanol–water partition coefficient (Wildman–Crippen LogP) is 4.02. The van der Waals surface area contributed by atoms with Gasteiger partial charge in [-0.2, -0.15) is 0 Å². The standard InChI is InChI=1S/C11H16ClOP/c1-4-11(2,3)14(12,13)10-8-6-5-7-9-10/h5-9H,4H2,1-3H3. The van der Waals surface area contributed by atoms with Gasteiger partial charge in [-0.1, -0.05) is 51.1 Å².